The molecule has 0 radical (unpaired) electrons. The van der Waals surface area contributed by atoms with Gasteiger partial charge in [-0.2, -0.15) is 0 Å². The number of para-hydroxylation sites is 2. The minimum absolute atomic E-state index is 0. The van der Waals surface area contributed by atoms with Gasteiger partial charge in [-0.3, -0.25) is 0 Å². The van der Waals surface area contributed by atoms with Crippen LogP contribution >= 0.6 is 24.0 Å². The van der Waals surface area contributed by atoms with Gasteiger partial charge in [-0.05, 0) is 26.0 Å². The zero-order chi connectivity index (χ0) is 22.8. The minimum Gasteiger partial charge on any atom is -0.493 e. The van der Waals surface area contributed by atoms with E-state index in [2.05, 4.69) is 39.9 Å². The number of furan rings is 1. The first-order valence-corrected chi connectivity index (χ1v) is 11.2. The number of benzene rings is 2. The molecule has 178 valence electrons. The van der Waals surface area contributed by atoms with Crippen LogP contribution in [0.2, 0.25) is 0 Å². The predicted octanol–water partition coefficient (Wildman–Crippen LogP) is 4.56. The highest BCUT2D eigenvalue weighted by Crippen LogP contribution is 2.31. The molecule has 0 saturated heterocycles. The Morgan fingerprint density at radius 2 is 1.91 bits per heavy atom. The van der Waals surface area contributed by atoms with Crippen LogP contribution in [0, 0.1) is 13.8 Å². The van der Waals surface area contributed by atoms with Crippen LogP contribution in [0.1, 0.15) is 41.0 Å². The van der Waals surface area contributed by atoms with Crippen LogP contribution in [-0.2, 0) is 20.1 Å². The van der Waals surface area contributed by atoms with Crippen molar-refractivity contribution in [1.82, 2.24) is 25.4 Å². The molecule has 1 aliphatic heterocycles. The van der Waals surface area contributed by atoms with E-state index in [1.807, 2.05) is 54.9 Å². The molecule has 8 nitrogen and oxygen atoms in total. The smallest absolute Gasteiger partial charge is 0.192 e. The molecule has 2 aromatic heterocycles. The molecule has 34 heavy (non-hydrogen) atoms. The lowest BCUT2D eigenvalue weighted by atomic mass is 10.0. The number of aromatic nitrogens is 3. The Bertz CT molecular complexity index is 1310. The van der Waals surface area contributed by atoms with Crippen molar-refractivity contribution in [2.24, 2.45) is 12.0 Å². The molecule has 1 atom stereocenters. The van der Waals surface area contributed by atoms with Gasteiger partial charge in [-0.1, -0.05) is 36.4 Å². The maximum atomic E-state index is 6.09. The molecule has 3 heterocycles. The molecular formula is C25H29IN6O2. The summed E-state index contributed by atoms with van der Waals surface area (Å²) in [6.07, 6.45) is 0.852. The lowest BCUT2D eigenvalue weighted by molar-refractivity contribution is 0.261. The number of fused-ring (bicyclic) bond motifs is 2. The first kappa shape index (κ1) is 24.1. The van der Waals surface area contributed by atoms with Crippen LogP contribution in [0.25, 0.3) is 11.0 Å². The number of ether oxygens (including phenoxy) is 1. The zero-order valence-electron chi connectivity index (χ0n) is 19.5. The van der Waals surface area contributed by atoms with Gasteiger partial charge in [0.2, 0.25) is 0 Å². The van der Waals surface area contributed by atoms with E-state index in [1.165, 1.54) is 0 Å². The number of hydrogen-bond acceptors (Lipinski definition) is 5. The van der Waals surface area contributed by atoms with E-state index >= 15 is 0 Å². The second-order valence-corrected chi connectivity index (χ2v) is 8.26. The number of nitrogens with one attached hydrogen (secondary N) is 2. The summed E-state index contributed by atoms with van der Waals surface area (Å²) in [4.78, 5) is 4.82. The molecule has 0 spiro atoms. The van der Waals surface area contributed by atoms with E-state index in [1.54, 1.807) is 0 Å². The molecule has 1 aliphatic rings. The number of guanidine groups is 1. The third kappa shape index (κ3) is 4.89. The number of rotatable bonds is 5. The van der Waals surface area contributed by atoms with Gasteiger partial charge in [0, 0.05) is 30.0 Å². The maximum Gasteiger partial charge on any atom is 0.192 e. The number of halogens is 1. The Morgan fingerprint density at radius 1 is 1.12 bits per heavy atom. The number of hydrogen-bond donors (Lipinski definition) is 2. The summed E-state index contributed by atoms with van der Waals surface area (Å²) in [5, 5.41) is 16.6. The van der Waals surface area contributed by atoms with Crippen LogP contribution in [0.5, 0.6) is 5.75 Å². The average Bonchev–Trinajstić information content (AvgIpc) is 3.34. The second kappa shape index (κ2) is 10.5. The largest absolute Gasteiger partial charge is 0.493 e. The molecule has 0 fully saturated rings. The molecular weight excluding hydrogens is 543 g/mol. The maximum absolute atomic E-state index is 6.09. The third-order valence-corrected chi connectivity index (χ3v) is 6.19. The Balaban J connectivity index is 0.00000274. The zero-order valence-corrected chi connectivity index (χ0v) is 21.9. The molecule has 9 heteroatoms. The van der Waals surface area contributed by atoms with Crippen LogP contribution in [-0.4, -0.2) is 27.3 Å². The van der Waals surface area contributed by atoms with Crippen molar-refractivity contribution in [1.29, 1.82) is 0 Å². The number of aliphatic imine (C=N–C) groups is 1. The van der Waals surface area contributed by atoms with Crippen molar-refractivity contribution in [3.05, 3.63) is 77.1 Å². The van der Waals surface area contributed by atoms with Crippen LogP contribution in [0.15, 0.2) is 57.9 Å². The van der Waals surface area contributed by atoms with Gasteiger partial charge in [0.05, 0.1) is 19.2 Å². The summed E-state index contributed by atoms with van der Waals surface area (Å²) in [7, 11) is 1.95. The van der Waals surface area contributed by atoms with Crippen molar-refractivity contribution in [3.63, 3.8) is 0 Å². The Hall–Kier alpha value is -3.08. The van der Waals surface area contributed by atoms with Gasteiger partial charge in [0.15, 0.2) is 11.8 Å². The SMILES string of the molecule is Cc1c(CNC(=NCc2nnc(C)n2C)NC2CCOc3ccccc32)oc2ccccc12.I. The Labute approximate surface area is 215 Å². The van der Waals surface area contributed by atoms with Crippen molar-refractivity contribution in [3.8, 4) is 5.75 Å². The van der Waals surface area contributed by atoms with E-state index in [9.17, 15) is 0 Å². The fourth-order valence-corrected chi connectivity index (χ4v) is 4.11. The Kier molecular flexibility index (Phi) is 7.40. The molecule has 2 aromatic carbocycles. The van der Waals surface area contributed by atoms with E-state index in [0.717, 1.165) is 51.7 Å². The van der Waals surface area contributed by atoms with Gasteiger partial charge in [-0.25, -0.2) is 4.99 Å². The van der Waals surface area contributed by atoms with Crippen molar-refractivity contribution >= 4 is 40.9 Å². The highest BCUT2D eigenvalue weighted by atomic mass is 127. The Morgan fingerprint density at radius 3 is 2.71 bits per heavy atom. The lowest BCUT2D eigenvalue weighted by Crippen LogP contribution is -2.41. The monoisotopic (exact) mass is 572 g/mol. The summed E-state index contributed by atoms with van der Waals surface area (Å²) in [5.41, 5.74) is 3.16. The third-order valence-electron chi connectivity index (χ3n) is 6.19. The van der Waals surface area contributed by atoms with Crippen molar-refractivity contribution in [2.75, 3.05) is 6.61 Å². The average molecular weight is 572 g/mol. The summed E-state index contributed by atoms with van der Waals surface area (Å²) in [6.45, 7) is 5.61. The summed E-state index contributed by atoms with van der Waals surface area (Å²) in [6, 6.07) is 16.3. The van der Waals surface area contributed by atoms with Crippen molar-refractivity contribution < 1.29 is 9.15 Å². The molecule has 5 rings (SSSR count). The van der Waals surface area contributed by atoms with Crippen LogP contribution in [0.3, 0.4) is 0 Å². The predicted molar refractivity (Wildman–Crippen MR) is 143 cm³/mol. The van der Waals surface area contributed by atoms with E-state index in [0.29, 0.717) is 25.7 Å². The van der Waals surface area contributed by atoms with Crippen LogP contribution < -0.4 is 15.4 Å². The van der Waals surface area contributed by atoms with E-state index in [-0.39, 0.29) is 30.0 Å². The molecule has 0 amide bonds. The first-order chi connectivity index (χ1) is 16.1. The van der Waals surface area contributed by atoms with Crippen molar-refractivity contribution in [2.45, 2.75) is 39.4 Å². The molecule has 0 bridgehead atoms. The molecule has 1 unspecified atom stereocenters. The first-order valence-electron chi connectivity index (χ1n) is 11.2. The number of aryl methyl sites for hydroxylation is 2. The topological polar surface area (TPSA) is 89.5 Å². The highest BCUT2D eigenvalue weighted by molar-refractivity contribution is 14.0. The summed E-state index contributed by atoms with van der Waals surface area (Å²) < 4.78 is 13.9. The standard InChI is InChI=1S/C25H28N6O2.HI/c1-16-18-8-4-7-11-22(18)33-23(16)14-26-25(27-15-24-30-29-17(2)31(24)3)28-20-12-13-32-21-10-6-5-9-19(20)21;/h4-11,20H,12-15H2,1-3H3,(H2,26,27,28);1H. The lowest BCUT2D eigenvalue weighted by Gasteiger charge is -2.28. The quantitative estimate of drug-likeness (QED) is 0.207. The fourth-order valence-electron chi connectivity index (χ4n) is 4.11. The molecule has 0 saturated carbocycles. The van der Waals surface area contributed by atoms with E-state index in [4.69, 9.17) is 14.1 Å². The fraction of sp³-hybridized carbons (Fsp3) is 0.320. The molecule has 2 N–H and O–H groups in total. The highest BCUT2D eigenvalue weighted by Gasteiger charge is 2.22. The summed E-state index contributed by atoms with van der Waals surface area (Å²) >= 11 is 0. The van der Waals surface area contributed by atoms with Gasteiger partial charge in [0.25, 0.3) is 0 Å². The molecule has 4 aromatic rings. The minimum atomic E-state index is 0. The summed E-state index contributed by atoms with van der Waals surface area (Å²) in [5.74, 6) is 4.17. The van der Waals surface area contributed by atoms with Gasteiger partial charge >= 0.3 is 0 Å². The molecule has 0 aliphatic carbocycles. The van der Waals surface area contributed by atoms with Gasteiger partial charge in [0.1, 0.15) is 29.5 Å². The number of nitrogens with zero attached hydrogens (tertiary/aromatic N) is 4. The second-order valence-electron chi connectivity index (χ2n) is 8.26. The van der Waals surface area contributed by atoms with Gasteiger partial charge < -0.3 is 24.4 Å². The van der Waals surface area contributed by atoms with Gasteiger partial charge in [-0.15, -0.1) is 34.2 Å². The van der Waals surface area contributed by atoms with E-state index < -0.39 is 0 Å². The van der Waals surface area contributed by atoms with Crippen LogP contribution in [0.4, 0.5) is 0 Å². The normalized spacial score (nSPS) is 15.4.